The van der Waals surface area contributed by atoms with Crippen molar-refractivity contribution in [2.24, 2.45) is 0 Å². The number of rotatable bonds is 5. The van der Waals surface area contributed by atoms with Crippen LogP contribution in [0.5, 0.6) is 0 Å². The normalized spacial score (nSPS) is 25.3. The first kappa shape index (κ1) is 14.5. The second kappa shape index (κ2) is 6.58. The highest BCUT2D eigenvalue weighted by Crippen LogP contribution is 2.30. The number of piperazine rings is 1. The minimum atomic E-state index is 0.170. The van der Waals surface area contributed by atoms with Crippen molar-refractivity contribution in [1.29, 1.82) is 0 Å². The van der Waals surface area contributed by atoms with Gasteiger partial charge in [-0.25, -0.2) is 0 Å². The highest BCUT2D eigenvalue weighted by molar-refractivity contribution is 5.78. The van der Waals surface area contributed by atoms with Gasteiger partial charge in [0.15, 0.2) is 0 Å². The first-order chi connectivity index (χ1) is 10.3. The summed E-state index contributed by atoms with van der Waals surface area (Å²) in [5.41, 5.74) is 1.35. The molecule has 4 heteroatoms. The summed E-state index contributed by atoms with van der Waals surface area (Å²) in [6.07, 6.45) is 2.27. The lowest BCUT2D eigenvalue weighted by Gasteiger charge is -2.41. The minimum absolute atomic E-state index is 0.170. The van der Waals surface area contributed by atoms with Gasteiger partial charge in [0, 0.05) is 38.3 Å². The van der Waals surface area contributed by atoms with E-state index in [1.807, 2.05) is 6.92 Å². The molecule has 114 valence electrons. The van der Waals surface area contributed by atoms with Crippen molar-refractivity contribution in [3.63, 3.8) is 0 Å². The van der Waals surface area contributed by atoms with Gasteiger partial charge in [0.25, 0.3) is 0 Å². The molecule has 0 saturated carbocycles. The molecule has 1 aromatic rings. The molecule has 2 saturated heterocycles. The number of carbonyl (C=O) groups excluding carboxylic acids is 1. The quantitative estimate of drug-likeness (QED) is 0.829. The maximum absolute atomic E-state index is 12.3. The molecule has 2 atom stereocenters. The van der Waals surface area contributed by atoms with Gasteiger partial charge in [-0.2, -0.15) is 0 Å². The molecule has 0 radical (unpaired) electrons. The van der Waals surface area contributed by atoms with Crippen LogP contribution in [0.1, 0.15) is 25.3 Å². The standard InChI is InChI=1S/C17H24N2O2/c1-2-21-13-17(20)19-15-8-9-16(19)12-18(11-15)10-14-6-4-3-5-7-14/h3-7,15-16H,2,8-13H2,1H3. The number of ether oxygens (including phenoxy) is 1. The van der Waals surface area contributed by atoms with Gasteiger partial charge >= 0.3 is 0 Å². The molecule has 2 heterocycles. The number of likely N-dealkylation sites (tertiary alicyclic amines) is 1. The SMILES string of the molecule is CCOCC(=O)N1C2CCC1CN(Cc1ccccc1)C2. The van der Waals surface area contributed by atoms with Gasteiger partial charge in [0.1, 0.15) is 6.61 Å². The summed E-state index contributed by atoms with van der Waals surface area (Å²) in [6, 6.07) is 11.3. The van der Waals surface area contributed by atoms with Crippen LogP contribution in [0.2, 0.25) is 0 Å². The number of carbonyl (C=O) groups is 1. The highest BCUT2D eigenvalue weighted by Gasteiger charge is 2.42. The fourth-order valence-electron chi connectivity index (χ4n) is 3.63. The van der Waals surface area contributed by atoms with Gasteiger partial charge in [-0.15, -0.1) is 0 Å². The van der Waals surface area contributed by atoms with E-state index in [1.54, 1.807) is 0 Å². The number of fused-ring (bicyclic) bond motifs is 2. The van der Waals surface area contributed by atoms with E-state index in [0.717, 1.165) is 32.5 Å². The van der Waals surface area contributed by atoms with Crippen molar-refractivity contribution in [3.05, 3.63) is 35.9 Å². The van der Waals surface area contributed by atoms with Crippen LogP contribution in [0.3, 0.4) is 0 Å². The van der Waals surface area contributed by atoms with E-state index < -0.39 is 0 Å². The lowest BCUT2D eigenvalue weighted by molar-refractivity contribution is -0.141. The predicted octanol–water partition coefficient (Wildman–Crippen LogP) is 1.90. The van der Waals surface area contributed by atoms with Crippen LogP contribution in [0.15, 0.2) is 30.3 Å². The molecule has 2 unspecified atom stereocenters. The Morgan fingerprint density at radius 2 is 1.86 bits per heavy atom. The Bertz CT molecular complexity index is 463. The third kappa shape index (κ3) is 3.27. The monoisotopic (exact) mass is 288 g/mol. The van der Waals surface area contributed by atoms with Crippen molar-refractivity contribution in [2.45, 2.75) is 38.4 Å². The van der Waals surface area contributed by atoms with Crippen LogP contribution < -0.4 is 0 Å². The van der Waals surface area contributed by atoms with Crippen molar-refractivity contribution < 1.29 is 9.53 Å². The first-order valence-corrected chi connectivity index (χ1v) is 7.93. The van der Waals surface area contributed by atoms with Crippen LogP contribution >= 0.6 is 0 Å². The molecule has 0 aliphatic carbocycles. The van der Waals surface area contributed by atoms with Crippen LogP contribution in [0.25, 0.3) is 0 Å². The molecular formula is C17H24N2O2. The van der Waals surface area contributed by atoms with Crippen molar-refractivity contribution in [1.82, 2.24) is 9.80 Å². The topological polar surface area (TPSA) is 32.8 Å². The van der Waals surface area contributed by atoms with E-state index in [-0.39, 0.29) is 12.5 Å². The Balaban J connectivity index is 1.60. The summed E-state index contributed by atoms with van der Waals surface area (Å²) < 4.78 is 5.29. The summed E-state index contributed by atoms with van der Waals surface area (Å²) in [5, 5.41) is 0. The Labute approximate surface area is 126 Å². The maximum atomic E-state index is 12.3. The number of nitrogens with zero attached hydrogens (tertiary/aromatic N) is 2. The van der Waals surface area contributed by atoms with Gasteiger partial charge in [-0.1, -0.05) is 30.3 Å². The van der Waals surface area contributed by atoms with Crippen LogP contribution in [-0.4, -0.2) is 54.1 Å². The Morgan fingerprint density at radius 1 is 1.19 bits per heavy atom. The zero-order valence-corrected chi connectivity index (χ0v) is 12.7. The zero-order valence-electron chi connectivity index (χ0n) is 12.7. The largest absolute Gasteiger partial charge is 0.372 e. The van der Waals surface area contributed by atoms with E-state index in [1.165, 1.54) is 5.56 Å². The third-order valence-electron chi connectivity index (χ3n) is 4.52. The van der Waals surface area contributed by atoms with Gasteiger partial charge < -0.3 is 9.64 Å². The van der Waals surface area contributed by atoms with E-state index in [0.29, 0.717) is 18.7 Å². The van der Waals surface area contributed by atoms with Gasteiger partial charge in [0.05, 0.1) is 0 Å². The number of amides is 1. The second-order valence-corrected chi connectivity index (χ2v) is 6.00. The number of benzene rings is 1. The molecular weight excluding hydrogens is 264 g/mol. The molecule has 0 spiro atoms. The summed E-state index contributed by atoms with van der Waals surface area (Å²) in [4.78, 5) is 16.8. The molecule has 2 aliphatic heterocycles. The molecule has 0 aromatic heterocycles. The Morgan fingerprint density at radius 3 is 2.48 bits per heavy atom. The van der Waals surface area contributed by atoms with Gasteiger partial charge in [-0.3, -0.25) is 9.69 Å². The van der Waals surface area contributed by atoms with E-state index in [2.05, 4.69) is 40.1 Å². The highest BCUT2D eigenvalue weighted by atomic mass is 16.5. The lowest BCUT2D eigenvalue weighted by atomic mass is 10.1. The minimum Gasteiger partial charge on any atom is -0.372 e. The summed E-state index contributed by atoms with van der Waals surface area (Å²) in [5.74, 6) is 0.170. The number of hydrogen-bond donors (Lipinski definition) is 0. The smallest absolute Gasteiger partial charge is 0.249 e. The zero-order chi connectivity index (χ0) is 14.7. The fourth-order valence-corrected chi connectivity index (χ4v) is 3.63. The second-order valence-electron chi connectivity index (χ2n) is 6.00. The van der Waals surface area contributed by atoms with Gasteiger partial charge in [0.2, 0.25) is 5.91 Å². The predicted molar refractivity (Wildman–Crippen MR) is 81.9 cm³/mol. The molecule has 2 fully saturated rings. The van der Waals surface area contributed by atoms with Crippen molar-refractivity contribution in [3.8, 4) is 0 Å². The summed E-state index contributed by atoms with van der Waals surface area (Å²) >= 11 is 0. The lowest BCUT2D eigenvalue weighted by Crippen LogP contribution is -2.56. The molecule has 3 rings (SSSR count). The van der Waals surface area contributed by atoms with Crippen molar-refractivity contribution >= 4 is 5.91 Å². The Kier molecular flexibility index (Phi) is 4.56. The fraction of sp³-hybridized carbons (Fsp3) is 0.588. The molecule has 0 N–H and O–H groups in total. The van der Waals surface area contributed by atoms with Gasteiger partial charge in [-0.05, 0) is 25.3 Å². The molecule has 2 aliphatic rings. The molecule has 2 bridgehead atoms. The van der Waals surface area contributed by atoms with E-state index in [9.17, 15) is 4.79 Å². The third-order valence-corrected chi connectivity index (χ3v) is 4.52. The maximum Gasteiger partial charge on any atom is 0.249 e. The molecule has 4 nitrogen and oxygen atoms in total. The molecule has 21 heavy (non-hydrogen) atoms. The molecule has 1 amide bonds. The summed E-state index contributed by atoms with van der Waals surface area (Å²) in [7, 11) is 0. The van der Waals surface area contributed by atoms with Crippen LogP contribution in [0.4, 0.5) is 0 Å². The van der Waals surface area contributed by atoms with E-state index in [4.69, 9.17) is 4.74 Å². The average Bonchev–Trinajstić information content (AvgIpc) is 2.77. The Hall–Kier alpha value is -1.39. The average molecular weight is 288 g/mol. The van der Waals surface area contributed by atoms with Crippen LogP contribution in [-0.2, 0) is 16.1 Å². The van der Waals surface area contributed by atoms with Crippen molar-refractivity contribution in [2.75, 3.05) is 26.3 Å². The first-order valence-electron chi connectivity index (χ1n) is 7.93. The van der Waals surface area contributed by atoms with E-state index >= 15 is 0 Å². The van der Waals surface area contributed by atoms with Crippen LogP contribution in [0, 0.1) is 0 Å². The molecule has 1 aromatic carbocycles. The number of hydrogen-bond acceptors (Lipinski definition) is 3. The summed E-state index contributed by atoms with van der Waals surface area (Å²) in [6.45, 7) is 5.74.